The van der Waals surface area contributed by atoms with Gasteiger partial charge >= 0.3 is 0 Å². The second-order valence-corrected chi connectivity index (χ2v) is 10.1. The number of amides is 1. The van der Waals surface area contributed by atoms with Crippen LogP contribution in [0.1, 0.15) is 37.9 Å². The topological polar surface area (TPSA) is 91.6 Å². The summed E-state index contributed by atoms with van der Waals surface area (Å²) >= 11 is 1.28. The van der Waals surface area contributed by atoms with Crippen molar-refractivity contribution in [2.24, 2.45) is 4.99 Å². The molecule has 9 nitrogen and oxygen atoms in total. The molecule has 3 aromatic rings. The van der Waals surface area contributed by atoms with E-state index in [4.69, 9.17) is 23.9 Å². The molecule has 3 heterocycles. The van der Waals surface area contributed by atoms with Gasteiger partial charge in [0.05, 0.1) is 30.0 Å². The molecule has 2 aliphatic heterocycles. The van der Waals surface area contributed by atoms with Crippen LogP contribution >= 0.6 is 11.3 Å². The third-order valence-corrected chi connectivity index (χ3v) is 7.88. The first kappa shape index (κ1) is 26.6. The number of carbonyl (C=O) groups excluding carboxylic acids is 1. The van der Waals surface area contributed by atoms with Crippen LogP contribution < -0.4 is 33.8 Å². The van der Waals surface area contributed by atoms with E-state index in [0.29, 0.717) is 75.5 Å². The van der Waals surface area contributed by atoms with Crippen molar-refractivity contribution < 1.29 is 23.7 Å². The van der Waals surface area contributed by atoms with Crippen molar-refractivity contribution in [3.8, 4) is 23.0 Å². The minimum atomic E-state index is -0.748. The van der Waals surface area contributed by atoms with E-state index in [0.717, 1.165) is 5.56 Å². The zero-order valence-corrected chi connectivity index (χ0v) is 23.5. The minimum Gasteiger partial charge on any atom is -0.497 e. The van der Waals surface area contributed by atoms with Crippen molar-refractivity contribution >= 4 is 23.3 Å². The maximum absolute atomic E-state index is 14.0. The summed E-state index contributed by atoms with van der Waals surface area (Å²) < 4.78 is 24.6. The van der Waals surface area contributed by atoms with Crippen LogP contribution in [-0.4, -0.2) is 55.9 Å². The van der Waals surface area contributed by atoms with E-state index in [1.807, 2.05) is 51.1 Å². The minimum absolute atomic E-state index is 0.169. The molecule has 1 aromatic heterocycles. The second-order valence-electron chi connectivity index (χ2n) is 9.07. The number of hydrogen-bond acceptors (Lipinski definition) is 8. The SMILES string of the molecule is CCN(CC)C(=O)C1=C(C)N=c2s/c(=C/c3ccc4c(c3)OCCO4)c(=O)n2[C@H]1c1cc(OC)ccc1OC. The van der Waals surface area contributed by atoms with Crippen LogP contribution in [0.5, 0.6) is 23.0 Å². The molecule has 2 aliphatic rings. The predicted octanol–water partition coefficient (Wildman–Crippen LogP) is 2.89. The lowest BCUT2D eigenvalue weighted by atomic mass is 9.93. The van der Waals surface area contributed by atoms with E-state index in [9.17, 15) is 9.59 Å². The van der Waals surface area contributed by atoms with E-state index in [2.05, 4.69) is 0 Å². The van der Waals surface area contributed by atoms with E-state index in [1.54, 1.807) is 35.8 Å². The smallest absolute Gasteiger partial charge is 0.271 e. The number of ether oxygens (including phenoxy) is 4. The number of methoxy groups -OCH3 is 2. The van der Waals surface area contributed by atoms with Gasteiger partial charge < -0.3 is 23.8 Å². The number of carbonyl (C=O) groups is 1. The maximum atomic E-state index is 14.0. The Morgan fingerprint density at radius 1 is 1.10 bits per heavy atom. The summed E-state index contributed by atoms with van der Waals surface area (Å²) in [5.41, 5.74) is 2.20. The Kier molecular flexibility index (Phi) is 7.47. The van der Waals surface area contributed by atoms with Gasteiger partial charge in [0.15, 0.2) is 16.3 Å². The Bertz CT molecular complexity index is 1630. The Balaban J connectivity index is 1.74. The number of nitrogens with zero attached hydrogens (tertiary/aromatic N) is 3. The first-order valence-corrected chi connectivity index (χ1v) is 13.6. The number of thiazole rings is 1. The number of benzene rings is 2. The fourth-order valence-corrected chi connectivity index (χ4v) is 5.97. The van der Waals surface area contributed by atoms with E-state index in [1.165, 1.54) is 11.3 Å². The zero-order valence-electron chi connectivity index (χ0n) is 22.6. The van der Waals surface area contributed by atoms with Gasteiger partial charge in [-0.05, 0) is 62.7 Å². The second kappa shape index (κ2) is 11.0. The molecule has 204 valence electrons. The molecule has 0 unspecified atom stereocenters. The largest absolute Gasteiger partial charge is 0.497 e. The average Bonchev–Trinajstić information content (AvgIpc) is 3.26. The summed E-state index contributed by atoms with van der Waals surface area (Å²) in [4.78, 5) is 34.9. The summed E-state index contributed by atoms with van der Waals surface area (Å²) in [6, 6.07) is 10.2. The van der Waals surface area contributed by atoms with Crippen LogP contribution in [0.15, 0.2) is 57.5 Å². The summed E-state index contributed by atoms with van der Waals surface area (Å²) in [6.07, 6.45) is 1.81. The highest BCUT2D eigenvalue weighted by molar-refractivity contribution is 7.07. The zero-order chi connectivity index (χ0) is 27.7. The van der Waals surface area contributed by atoms with E-state index >= 15 is 0 Å². The molecule has 2 aromatic carbocycles. The number of hydrogen-bond donors (Lipinski definition) is 0. The first-order chi connectivity index (χ1) is 18.9. The van der Waals surface area contributed by atoms with Crippen molar-refractivity contribution in [3.63, 3.8) is 0 Å². The average molecular weight is 550 g/mol. The van der Waals surface area contributed by atoms with E-state index < -0.39 is 6.04 Å². The van der Waals surface area contributed by atoms with E-state index in [-0.39, 0.29) is 11.5 Å². The Morgan fingerprint density at radius 2 is 1.85 bits per heavy atom. The van der Waals surface area contributed by atoms with Gasteiger partial charge in [0.1, 0.15) is 30.8 Å². The molecule has 39 heavy (non-hydrogen) atoms. The van der Waals surface area contributed by atoms with Crippen molar-refractivity contribution in [1.82, 2.24) is 9.47 Å². The van der Waals surface area contributed by atoms with Gasteiger partial charge in [-0.25, -0.2) is 4.99 Å². The lowest BCUT2D eigenvalue weighted by Crippen LogP contribution is -2.43. The molecule has 0 spiro atoms. The van der Waals surface area contributed by atoms with Gasteiger partial charge in [-0.3, -0.25) is 14.2 Å². The number of fused-ring (bicyclic) bond motifs is 2. The summed E-state index contributed by atoms with van der Waals surface area (Å²) in [5, 5.41) is 0. The molecule has 0 saturated heterocycles. The van der Waals surface area contributed by atoms with Gasteiger partial charge in [0.25, 0.3) is 11.5 Å². The monoisotopic (exact) mass is 549 g/mol. The lowest BCUT2D eigenvalue weighted by molar-refractivity contribution is -0.127. The molecule has 0 aliphatic carbocycles. The molecule has 0 fully saturated rings. The van der Waals surface area contributed by atoms with Gasteiger partial charge in [-0.1, -0.05) is 17.4 Å². The fraction of sp³-hybridized carbons (Fsp3) is 0.345. The standard InChI is InChI=1S/C29H31N3O6S/c1-6-31(7-2)28(34)25-17(3)30-29-32(26(25)20-16-19(35-4)9-11-21(20)36-5)27(33)24(39-29)15-18-8-10-22-23(14-18)38-13-12-37-22/h8-11,14-16,26H,6-7,12-13H2,1-5H3/b24-15+/t26-/m0/s1. The third-order valence-electron chi connectivity index (χ3n) is 6.90. The molecule has 1 amide bonds. The molecule has 1 atom stereocenters. The first-order valence-electron chi connectivity index (χ1n) is 12.8. The number of rotatable bonds is 7. The van der Waals surface area contributed by atoms with Crippen LogP contribution in [0.4, 0.5) is 0 Å². The van der Waals surface area contributed by atoms with Crippen molar-refractivity contribution in [3.05, 3.63) is 78.5 Å². The summed E-state index contributed by atoms with van der Waals surface area (Å²) in [6.45, 7) is 7.72. The highest BCUT2D eigenvalue weighted by Gasteiger charge is 2.36. The van der Waals surface area contributed by atoms with Crippen LogP contribution in [-0.2, 0) is 4.79 Å². The molecule has 0 bridgehead atoms. The molecule has 0 N–H and O–H groups in total. The number of likely N-dealkylation sites (N-methyl/N-ethyl adjacent to an activating group) is 1. The van der Waals surface area contributed by atoms with Gasteiger partial charge in [-0.15, -0.1) is 0 Å². The van der Waals surface area contributed by atoms with Crippen LogP contribution in [0.3, 0.4) is 0 Å². The van der Waals surface area contributed by atoms with Crippen molar-refractivity contribution in [1.29, 1.82) is 0 Å². The molecular weight excluding hydrogens is 518 g/mol. The van der Waals surface area contributed by atoms with Crippen LogP contribution in [0.2, 0.25) is 0 Å². The maximum Gasteiger partial charge on any atom is 0.271 e. The highest BCUT2D eigenvalue weighted by atomic mass is 32.1. The Morgan fingerprint density at radius 3 is 2.54 bits per heavy atom. The normalized spacial score (nSPS) is 16.4. The number of aromatic nitrogens is 1. The Hall–Kier alpha value is -4.05. The molecule has 5 rings (SSSR count). The third kappa shape index (κ3) is 4.80. The predicted molar refractivity (Wildman–Crippen MR) is 149 cm³/mol. The van der Waals surface area contributed by atoms with Crippen LogP contribution in [0, 0.1) is 0 Å². The molecule has 0 saturated carbocycles. The highest BCUT2D eigenvalue weighted by Crippen LogP contribution is 2.38. The summed E-state index contributed by atoms with van der Waals surface area (Å²) in [7, 11) is 3.15. The molecule has 0 radical (unpaired) electrons. The Labute approximate surface area is 230 Å². The quantitative estimate of drug-likeness (QED) is 0.450. The summed E-state index contributed by atoms with van der Waals surface area (Å²) in [5.74, 6) is 2.29. The molecular formula is C29H31N3O6S. The van der Waals surface area contributed by atoms with Gasteiger partial charge in [0, 0.05) is 18.7 Å². The van der Waals surface area contributed by atoms with Crippen LogP contribution in [0.25, 0.3) is 6.08 Å². The fourth-order valence-electron chi connectivity index (χ4n) is 4.92. The lowest BCUT2D eigenvalue weighted by Gasteiger charge is -2.30. The van der Waals surface area contributed by atoms with Gasteiger partial charge in [0.2, 0.25) is 0 Å². The number of allylic oxidation sites excluding steroid dienone is 1. The van der Waals surface area contributed by atoms with Crippen molar-refractivity contribution in [2.45, 2.75) is 26.8 Å². The van der Waals surface area contributed by atoms with Crippen molar-refractivity contribution in [2.75, 3.05) is 40.5 Å². The van der Waals surface area contributed by atoms with Gasteiger partial charge in [-0.2, -0.15) is 0 Å². The molecule has 10 heteroatoms.